The van der Waals surface area contributed by atoms with Crippen molar-refractivity contribution in [2.75, 3.05) is 13.6 Å². The van der Waals surface area contributed by atoms with E-state index >= 15 is 0 Å². The highest BCUT2D eigenvalue weighted by atomic mass is 16.3. The van der Waals surface area contributed by atoms with E-state index in [0.717, 1.165) is 44.9 Å². The molecule has 2 saturated carbocycles. The molecule has 0 spiro atoms. The fourth-order valence-electron chi connectivity index (χ4n) is 3.72. The van der Waals surface area contributed by atoms with Crippen molar-refractivity contribution in [2.45, 2.75) is 63.5 Å². The van der Waals surface area contributed by atoms with Crippen LogP contribution in [0.1, 0.15) is 51.9 Å². The van der Waals surface area contributed by atoms with Crippen LogP contribution in [0.25, 0.3) is 0 Å². The third kappa shape index (κ3) is 3.29. The van der Waals surface area contributed by atoms with E-state index in [4.69, 9.17) is 5.73 Å². The Balaban J connectivity index is 1.94. The molecule has 0 radical (unpaired) electrons. The van der Waals surface area contributed by atoms with Crippen LogP contribution in [0.3, 0.4) is 0 Å². The van der Waals surface area contributed by atoms with Crippen LogP contribution in [0, 0.1) is 11.8 Å². The lowest BCUT2D eigenvalue weighted by atomic mass is 9.77. The molecule has 2 rings (SSSR count). The second kappa shape index (κ2) is 5.80. The summed E-state index contributed by atoms with van der Waals surface area (Å²) >= 11 is 0. The summed E-state index contributed by atoms with van der Waals surface area (Å²) in [6.07, 6.45) is 6.88. The van der Waals surface area contributed by atoms with E-state index in [1.165, 1.54) is 0 Å². The zero-order valence-electron chi connectivity index (χ0n) is 12.3. The standard InChI is InChI=1S/C15H28N2O2/c1-11-6-5-7-12(13(11)16)14(18)17(2)10-15(19)8-3-4-9-15/h11-13,19H,3-10,16H2,1-2H3. The Hall–Kier alpha value is -0.610. The summed E-state index contributed by atoms with van der Waals surface area (Å²) in [7, 11) is 1.81. The minimum Gasteiger partial charge on any atom is -0.388 e. The summed E-state index contributed by atoms with van der Waals surface area (Å²) in [5.41, 5.74) is 5.53. The van der Waals surface area contributed by atoms with Gasteiger partial charge in [-0.25, -0.2) is 0 Å². The Morgan fingerprint density at radius 1 is 1.32 bits per heavy atom. The molecule has 19 heavy (non-hydrogen) atoms. The smallest absolute Gasteiger partial charge is 0.227 e. The van der Waals surface area contributed by atoms with E-state index in [2.05, 4.69) is 6.92 Å². The molecule has 4 heteroatoms. The van der Waals surface area contributed by atoms with Gasteiger partial charge in [-0.1, -0.05) is 26.2 Å². The first kappa shape index (κ1) is 14.8. The van der Waals surface area contributed by atoms with Gasteiger partial charge in [0.1, 0.15) is 0 Å². The van der Waals surface area contributed by atoms with E-state index in [1.807, 2.05) is 7.05 Å². The van der Waals surface area contributed by atoms with E-state index in [1.54, 1.807) is 4.90 Å². The van der Waals surface area contributed by atoms with Gasteiger partial charge in [-0.3, -0.25) is 4.79 Å². The predicted molar refractivity (Wildman–Crippen MR) is 75.5 cm³/mol. The summed E-state index contributed by atoms with van der Waals surface area (Å²) in [4.78, 5) is 14.2. The molecule has 2 fully saturated rings. The number of nitrogens with zero attached hydrogens (tertiary/aromatic N) is 1. The molecule has 0 aromatic carbocycles. The van der Waals surface area contributed by atoms with Gasteiger partial charge in [-0.2, -0.15) is 0 Å². The molecule has 3 atom stereocenters. The van der Waals surface area contributed by atoms with Crippen LogP contribution >= 0.6 is 0 Å². The molecule has 110 valence electrons. The Kier molecular flexibility index (Phi) is 4.51. The first-order chi connectivity index (χ1) is 8.93. The lowest BCUT2D eigenvalue weighted by Crippen LogP contribution is -2.51. The van der Waals surface area contributed by atoms with Crippen molar-refractivity contribution in [3.8, 4) is 0 Å². The van der Waals surface area contributed by atoms with E-state index < -0.39 is 5.60 Å². The predicted octanol–water partition coefficient (Wildman–Crippen LogP) is 1.51. The van der Waals surface area contributed by atoms with E-state index in [9.17, 15) is 9.90 Å². The maximum absolute atomic E-state index is 12.5. The third-order valence-electron chi connectivity index (χ3n) is 5.06. The molecular formula is C15H28N2O2. The molecule has 2 aliphatic rings. The van der Waals surface area contributed by atoms with Crippen LogP contribution in [0.15, 0.2) is 0 Å². The second-order valence-electron chi connectivity index (χ2n) is 6.72. The fraction of sp³-hybridized carbons (Fsp3) is 0.933. The summed E-state index contributed by atoms with van der Waals surface area (Å²) in [5.74, 6) is 0.490. The van der Waals surface area contributed by atoms with Crippen molar-refractivity contribution in [2.24, 2.45) is 17.6 Å². The lowest BCUT2D eigenvalue weighted by Gasteiger charge is -2.37. The molecule has 0 aromatic rings. The monoisotopic (exact) mass is 268 g/mol. The molecule has 1 amide bonds. The first-order valence-electron chi connectivity index (χ1n) is 7.66. The third-order valence-corrected chi connectivity index (χ3v) is 5.06. The molecule has 0 saturated heterocycles. The molecule has 0 aromatic heterocycles. The molecule has 2 aliphatic carbocycles. The second-order valence-corrected chi connectivity index (χ2v) is 6.72. The van der Waals surface area contributed by atoms with Crippen molar-refractivity contribution in [3.05, 3.63) is 0 Å². The molecule has 3 unspecified atom stereocenters. The molecule has 0 aliphatic heterocycles. The zero-order chi connectivity index (χ0) is 14.0. The van der Waals surface area contributed by atoms with Crippen molar-refractivity contribution >= 4 is 5.91 Å². The number of nitrogens with two attached hydrogens (primary N) is 1. The Morgan fingerprint density at radius 2 is 1.95 bits per heavy atom. The van der Waals surface area contributed by atoms with Crippen LogP contribution < -0.4 is 5.73 Å². The number of hydrogen-bond donors (Lipinski definition) is 2. The molecular weight excluding hydrogens is 240 g/mol. The fourth-order valence-corrected chi connectivity index (χ4v) is 3.72. The SMILES string of the molecule is CC1CCCC(C(=O)N(C)CC2(O)CCCC2)C1N. The van der Waals surface area contributed by atoms with Crippen LogP contribution in [0.2, 0.25) is 0 Å². The number of amides is 1. The van der Waals surface area contributed by atoms with Crippen molar-refractivity contribution in [1.82, 2.24) is 4.90 Å². The van der Waals surface area contributed by atoms with Gasteiger partial charge >= 0.3 is 0 Å². The largest absolute Gasteiger partial charge is 0.388 e. The molecule has 3 N–H and O–H groups in total. The summed E-state index contributed by atoms with van der Waals surface area (Å²) in [6, 6.07) is -0.0260. The average Bonchev–Trinajstić information content (AvgIpc) is 2.78. The number of carbonyl (C=O) groups excluding carboxylic acids is 1. The van der Waals surface area contributed by atoms with Crippen LogP contribution in [-0.2, 0) is 4.79 Å². The summed E-state index contributed by atoms with van der Waals surface area (Å²) in [6.45, 7) is 2.60. The van der Waals surface area contributed by atoms with Crippen molar-refractivity contribution in [1.29, 1.82) is 0 Å². The minimum atomic E-state index is -0.658. The summed E-state index contributed by atoms with van der Waals surface area (Å²) < 4.78 is 0. The van der Waals surface area contributed by atoms with Gasteiger partial charge in [-0.05, 0) is 31.6 Å². The summed E-state index contributed by atoms with van der Waals surface area (Å²) in [5, 5.41) is 10.4. The average molecular weight is 268 g/mol. The van der Waals surface area contributed by atoms with Gasteiger partial charge in [0.15, 0.2) is 0 Å². The minimum absolute atomic E-state index is 0.0260. The van der Waals surface area contributed by atoms with Gasteiger partial charge in [-0.15, -0.1) is 0 Å². The maximum Gasteiger partial charge on any atom is 0.227 e. The number of rotatable bonds is 3. The maximum atomic E-state index is 12.5. The first-order valence-corrected chi connectivity index (χ1v) is 7.66. The highest BCUT2D eigenvalue weighted by Gasteiger charge is 2.38. The Bertz CT molecular complexity index is 326. The normalized spacial score (nSPS) is 34.2. The van der Waals surface area contributed by atoms with E-state index in [-0.39, 0.29) is 17.9 Å². The number of hydrogen-bond acceptors (Lipinski definition) is 3. The van der Waals surface area contributed by atoms with Gasteiger partial charge in [0.05, 0.1) is 11.5 Å². The van der Waals surface area contributed by atoms with Crippen molar-refractivity contribution < 1.29 is 9.90 Å². The quantitative estimate of drug-likeness (QED) is 0.815. The molecule has 0 heterocycles. The van der Waals surface area contributed by atoms with Gasteiger partial charge < -0.3 is 15.7 Å². The topological polar surface area (TPSA) is 66.6 Å². The van der Waals surface area contributed by atoms with Crippen LogP contribution in [0.5, 0.6) is 0 Å². The highest BCUT2D eigenvalue weighted by molar-refractivity contribution is 5.79. The number of carbonyl (C=O) groups is 1. The highest BCUT2D eigenvalue weighted by Crippen LogP contribution is 2.32. The van der Waals surface area contributed by atoms with Crippen molar-refractivity contribution in [3.63, 3.8) is 0 Å². The van der Waals surface area contributed by atoms with E-state index in [0.29, 0.717) is 12.5 Å². The number of likely N-dealkylation sites (N-methyl/N-ethyl adjacent to an activating group) is 1. The van der Waals surface area contributed by atoms with Crippen LogP contribution in [0.4, 0.5) is 0 Å². The lowest BCUT2D eigenvalue weighted by molar-refractivity contribution is -0.139. The number of aliphatic hydroxyl groups is 1. The Morgan fingerprint density at radius 3 is 2.58 bits per heavy atom. The van der Waals surface area contributed by atoms with Gasteiger partial charge in [0.25, 0.3) is 0 Å². The zero-order valence-corrected chi connectivity index (χ0v) is 12.3. The van der Waals surface area contributed by atoms with Crippen LogP contribution in [-0.4, -0.2) is 41.1 Å². The Labute approximate surface area is 116 Å². The van der Waals surface area contributed by atoms with Gasteiger partial charge in [0.2, 0.25) is 5.91 Å². The molecule has 0 bridgehead atoms. The van der Waals surface area contributed by atoms with Gasteiger partial charge in [0, 0.05) is 19.6 Å². The molecule has 4 nitrogen and oxygen atoms in total.